The summed E-state index contributed by atoms with van der Waals surface area (Å²) in [4.78, 5) is 13.3. The first-order valence-electron chi connectivity index (χ1n) is 4.74. The van der Waals surface area contributed by atoms with E-state index in [0.29, 0.717) is 12.6 Å². The zero-order valence-electron chi connectivity index (χ0n) is 7.97. The van der Waals surface area contributed by atoms with Gasteiger partial charge in [0.25, 0.3) is 0 Å². The number of unbranched alkanes of at least 4 members (excludes halogenated alkanes) is 1. The molecule has 1 aliphatic heterocycles. The molecule has 3 nitrogen and oxygen atoms in total. The Morgan fingerprint density at radius 3 is 3.00 bits per heavy atom. The summed E-state index contributed by atoms with van der Waals surface area (Å²) in [6, 6.07) is 0.322. The second-order valence-corrected chi connectivity index (χ2v) is 3.56. The first kappa shape index (κ1) is 9.52. The molecule has 0 aromatic heterocycles. The van der Waals surface area contributed by atoms with Crippen molar-refractivity contribution in [3.63, 3.8) is 0 Å². The molecule has 0 bridgehead atoms. The Bertz CT molecular complexity index is 159. The summed E-state index contributed by atoms with van der Waals surface area (Å²) in [5, 5.41) is 2.91. The van der Waals surface area contributed by atoms with Crippen LogP contribution in [0.1, 0.15) is 26.7 Å². The molecule has 0 saturated carbocycles. The van der Waals surface area contributed by atoms with Gasteiger partial charge in [-0.2, -0.15) is 0 Å². The molecule has 0 aromatic carbocycles. The monoisotopic (exact) mass is 170 g/mol. The van der Waals surface area contributed by atoms with Crippen molar-refractivity contribution in [3.8, 4) is 0 Å². The fourth-order valence-electron chi connectivity index (χ4n) is 1.57. The maximum Gasteiger partial charge on any atom is 0.234 e. The summed E-state index contributed by atoms with van der Waals surface area (Å²) in [7, 11) is 0. The molecule has 1 fully saturated rings. The van der Waals surface area contributed by atoms with E-state index in [1.165, 1.54) is 12.8 Å². The SMILES string of the molecule is CCCCN1CC(=O)NC(C)C1. The first-order chi connectivity index (χ1) is 5.72. The van der Waals surface area contributed by atoms with Crippen LogP contribution in [0.5, 0.6) is 0 Å². The highest BCUT2D eigenvalue weighted by Crippen LogP contribution is 2.01. The number of nitrogens with zero attached hydrogens (tertiary/aromatic N) is 1. The highest BCUT2D eigenvalue weighted by atomic mass is 16.2. The Hall–Kier alpha value is -0.570. The Morgan fingerprint density at radius 2 is 2.42 bits per heavy atom. The molecule has 1 rings (SSSR count). The number of hydrogen-bond donors (Lipinski definition) is 1. The summed E-state index contributed by atoms with van der Waals surface area (Å²) in [5.41, 5.74) is 0. The maximum atomic E-state index is 11.1. The number of nitrogens with one attached hydrogen (secondary N) is 1. The van der Waals surface area contributed by atoms with E-state index in [1.807, 2.05) is 0 Å². The van der Waals surface area contributed by atoms with Gasteiger partial charge in [-0.05, 0) is 19.9 Å². The topological polar surface area (TPSA) is 32.3 Å². The van der Waals surface area contributed by atoms with Crippen molar-refractivity contribution in [2.24, 2.45) is 0 Å². The predicted octanol–water partition coefficient (Wildman–Crippen LogP) is 0.607. The molecule has 0 spiro atoms. The Morgan fingerprint density at radius 1 is 1.67 bits per heavy atom. The summed E-state index contributed by atoms with van der Waals surface area (Å²) in [5.74, 6) is 0.171. The molecule has 1 aliphatic rings. The minimum Gasteiger partial charge on any atom is -0.351 e. The van der Waals surface area contributed by atoms with Gasteiger partial charge in [0.2, 0.25) is 5.91 Å². The van der Waals surface area contributed by atoms with Crippen LogP contribution in [0.3, 0.4) is 0 Å². The van der Waals surface area contributed by atoms with Gasteiger partial charge in [0, 0.05) is 12.6 Å². The number of carbonyl (C=O) groups is 1. The maximum absolute atomic E-state index is 11.1. The van der Waals surface area contributed by atoms with Crippen molar-refractivity contribution in [2.45, 2.75) is 32.7 Å². The largest absolute Gasteiger partial charge is 0.351 e. The van der Waals surface area contributed by atoms with Gasteiger partial charge in [-0.1, -0.05) is 13.3 Å². The lowest BCUT2D eigenvalue weighted by molar-refractivity contribution is -0.125. The molecule has 70 valence electrons. The summed E-state index contributed by atoms with van der Waals surface area (Å²) >= 11 is 0. The number of rotatable bonds is 3. The normalized spacial score (nSPS) is 25.5. The molecular weight excluding hydrogens is 152 g/mol. The van der Waals surface area contributed by atoms with E-state index in [4.69, 9.17) is 0 Å². The molecule has 12 heavy (non-hydrogen) atoms. The van der Waals surface area contributed by atoms with Crippen molar-refractivity contribution < 1.29 is 4.79 Å². The third-order valence-electron chi connectivity index (χ3n) is 2.13. The molecule has 3 heteroatoms. The number of amides is 1. The van der Waals surface area contributed by atoms with Crippen LogP contribution in [0.4, 0.5) is 0 Å². The Labute approximate surface area is 74.1 Å². The average molecular weight is 170 g/mol. The van der Waals surface area contributed by atoms with Gasteiger partial charge in [0.15, 0.2) is 0 Å². The van der Waals surface area contributed by atoms with Crippen LogP contribution in [0.15, 0.2) is 0 Å². The van der Waals surface area contributed by atoms with Crippen LogP contribution in [0, 0.1) is 0 Å². The minimum atomic E-state index is 0.171. The van der Waals surface area contributed by atoms with E-state index < -0.39 is 0 Å². The van der Waals surface area contributed by atoms with Gasteiger partial charge in [0.05, 0.1) is 6.54 Å². The molecule has 1 unspecified atom stereocenters. The first-order valence-corrected chi connectivity index (χ1v) is 4.74. The zero-order chi connectivity index (χ0) is 8.97. The molecule has 0 aliphatic carbocycles. The Balaban J connectivity index is 2.29. The quantitative estimate of drug-likeness (QED) is 0.673. The second kappa shape index (κ2) is 4.45. The summed E-state index contributed by atoms with van der Waals surface area (Å²) < 4.78 is 0. The molecule has 0 aromatic rings. The third-order valence-corrected chi connectivity index (χ3v) is 2.13. The van der Waals surface area contributed by atoms with Gasteiger partial charge in [-0.15, -0.1) is 0 Å². The highest BCUT2D eigenvalue weighted by Gasteiger charge is 2.20. The van der Waals surface area contributed by atoms with Gasteiger partial charge < -0.3 is 5.32 Å². The van der Waals surface area contributed by atoms with E-state index in [2.05, 4.69) is 24.1 Å². The number of piperazine rings is 1. The van der Waals surface area contributed by atoms with Crippen molar-refractivity contribution in [2.75, 3.05) is 19.6 Å². The van der Waals surface area contributed by atoms with Gasteiger partial charge in [-0.3, -0.25) is 9.69 Å². The van der Waals surface area contributed by atoms with E-state index in [-0.39, 0.29) is 5.91 Å². The van der Waals surface area contributed by atoms with Crippen molar-refractivity contribution in [1.82, 2.24) is 10.2 Å². The van der Waals surface area contributed by atoms with Crippen LogP contribution < -0.4 is 5.32 Å². The summed E-state index contributed by atoms with van der Waals surface area (Å²) in [6.07, 6.45) is 2.40. The van der Waals surface area contributed by atoms with Gasteiger partial charge >= 0.3 is 0 Å². The van der Waals surface area contributed by atoms with Crippen LogP contribution in [-0.2, 0) is 4.79 Å². The molecule has 1 saturated heterocycles. The lowest BCUT2D eigenvalue weighted by Gasteiger charge is -2.30. The van der Waals surface area contributed by atoms with E-state index in [0.717, 1.165) is 13.1 Å². The zero-order valence-corrected chi connectivity index (χ0v) is 7.97. The number of hydrogen-bond acceptors (Lipinski definition) is 2. The van der Waals surface area contributed by atoms with Crippen LogP contribution in [0.2, 0.25) is 0 Å². The fraction of sp³-hybridized carbons (Fsp3) is 0.889. The molecule has 1 heterocycles. The van der Waals surface area contributed by atoms with Crippen molar-refractivity contribution >= 4 is 5.91 Å². The smallest absolute Gasteiger partial charge is 0.234 e. The van der Waals surface area contributed by atoms with Crippen molar-refractivity contribution in [1.29, 1.82) is 0 Å². The molecule has 1 N–H and O–H groups in total. The van der Waals surface area contributed by atoms with Crippen molar-refractivity contribution in [3.05, 3.63) is 0 Å². The van der Waals surface area contributed by atoms with E-state index >= 15 is 0 Å². The Kier molecular flexibility index (Phi) is 3.53. The lowest BCUT2D eigenvalue weighted by Crippen LogP contribution is -2.52. The third kappa shape index (κ3) is 2.81. The standard InChI is InChI=1S/C9H18N2O/c1-3-4-5-11-6-8(2)10-9(12)7-11/h8H,3-7H2,1-2H3,(H,10,12). The van der Waals surface area contributed by atoms with Gasteiger partial charge in [-0.25, -0.2) is 0 Å². The van der Waals surface area contributed by atoms with Gasteiger partial charge in [0.1, 0.15) is 0 Å². The average Bonchev–Trinajstić information content (AvgIpc) is 1.99. The second-order valence-electron chi connectivity index (χ2n) is 3.56. The van der Waals surface area contributed by atoms with Crippen LogP contribution >= 0.6 is 0 Å². The summed E-state index contributed by atoms with van der Waals surface area (Å²) in [6.45, 7) is 6.88. The highest BCUT2D eigenvalue weighted by molar-refractivity contribution is 5.79. The molecule has 1 amide bonds. The lowest BCUT2D eigenvalue weighted by atomic mass is 10.2. The predicted molar refractivity (Wildman–Crippen MR) is 49.0 cm³/mol. The number of carbonyl (C=O) groups excluding carboxylic acids is 1. The van der Waals surface area contributed by atoms with E-state index in [1.54, 1.807) is 0 Å². The van der Waals surface area contributed by atoms with Crippen LogP contribution in [0.25, 0.3) is 0 Å². The molecule has 1 atom stereocenters. The minimum absolute atomic E-state index is 0.171. The molecular formula is C9H18N2O. The van der Waals surface area contributed by atoms with Crippen LogP contribution in [-0.4, -0.2) is 36.5 Å². The molecule has 0 radical (unpaired) electrons. The fourth-order valence-corrected chi connectivity index (χ4v) is 1.57. The van der Waals surface area contributed by atoms with E-state index in [9.17, 15) is 4.79 Å².